The van der Waals surface area contributed by atoms with Crippen LogP contribution in [-0.2, 0) is 0 Å². The Labute approximate surface area is 145 Å². The molecule has 2 fully saturated rings. The Balaban J connectivity index is 1.62. The third-order valence-corrected chi connectivity index (χ3v) is 4.99. The Bertz CT molecular complexity index is 846. The third-order valence-electron chi connectivity index (χ3n) is 4.99. The molecule has 0 radical (unpaired) electrons. The van der Waals surface area contributed by atoms with Gasteiger partial charge in [0, 0.05) is 31.9 Å². The first-order chi connectivity index (χ1) is 12.0. The molecular weight excluding hydrogens is 322 g/mol. The van der Waals surface area contributed by atoms with E-state index in [0.29, 0.717) is 48.5 Å². The number of aromatic nitrogens is 2. The van der Waals surface area contributed by atoms with Crippen LogP contribution >= 0.6 is 0 Å². The fourth-order valence-corrected chi connectivity index (χ4v) is 3.79. The van der Waals surface area contributed by atoms with Crippen LogP contribution in [0.15, 0.2) is 10.6 Å². The maximum absolute atomic E-state index is 13.2. The average molecular weight is 343 g/mol. The number of carbonyl (C=O) groups is 2. The predicted molar refractivity (Wildman–Crippen MR) is 90.3 cm³/mol. The maximum Gasteiger partial charge on any atom is 0.317 e. The van der Waals surface area contributed by atoms with Crippen molar-refractivity contribution in [2.24, 2.45) is 0 Å². The van der Waals surface area contributed by atoms with Gasteiger partial charge in [0.05, 0.1) is 22.7 Å². The molecule has 1 atom stereocenters. The van der Waals surface area contributed by atoms with Crippen LogP contribution in [0.25, 0.3) is 11.1 Å². The van der Waals surface area contributed by atoms with Crippen molar-refractivity contribution in [2.45, 2.75) is 32.7 Å². The van der Waals surface area contributed by atoms with Crippen LogP contribution in [0.1, 0.15) is 34.6 Å². The van der Waals surface area contributed by atoms with Gasteiger partial charge in [-0.3, -0.25) is 4.79 Å². The van der Waals surface area contributed by atoms with E-state index in [0.717, 1.165) is 18.5 Å². The number of rotatable bonds is 2. The first kappa shape index (κ1) is 15.9. The molecule has 0 bridgehead atoms. The molecule has 2 aromatic rings. The number of nitrogens with one attached hydrogen (secondary N) is 1. The fraction of sp³-hybridized carbons (Fsp3) is 0.529. The van der Waals surface area contributed by atoms with Gasteiger partial charge in [0.1, 0.15) is 0 Å². The molecule has 2 aliphatic rings. The van der Waals surface area contributed by atoms with Gasteiger partial charge in [0.15, 0.2) is 0 Å². The smallest absolute Gasteiger partial charge is 0.317 e. The molecular formula is C17H21N5O3. The molecule has 8 nitrogen and oxygen atoms in total. The first-order valence-electron chi connectivity index (χ1n) is 8.62. The summed E-state index contributed by atoms with van der Waals surface area (Å²) in [4.78, 5) is 33.1. The molecule has 2 aliphatic heterocycles. The number of aryl methyl sites for hydroxylation is 2. The number of amides is 3. The molecule has 8 heteroatoms. The molecule has 2 aromatic heterocycles. The summed E-state index contributed by atoms with van der Waals surface area (Å²) in [7, 11) is 0. The van der Waals surface area contributed by atoms with Gasteiger partial charge in [-0.2, -0.15) is 0 Å². The summed E-state index contributed by atoms with van der Waals surface area (Å²) >= 11 is 0. The highest BCUT2D eigenvalue weighted by molar-refractivity contribution is 6.06. The zero-order valence-electron chi connectivity index (χ0n) is 14.4. The number of fused-ring (bicyclic) bond motifs is 1. The number of likely N-dealkylation sites (tertiary alicyclic amines) is 1. The van der Waals surface area contributed by atoms with E-state index in [9.17, 15) is 9.59 Å². The van der Waals surface area contributed by atoms with E-state index in [2.05, 4.69) is 15.5 Å². The normalized spacial score (nSPS) is 21.0. The quantitative estimate of drug-likeness (QED) is 0.891. The lowest BCUT2D eigenvalue weighted by atomic mass is 10.0. The van der Waals surface area contributed by atoms with Crippen molar-refractivity contribution in [1.82, 2.24) is 25.3 Å². The van der Waals surface area contributed by atoms with E-state index < -0.39 is 0 Å². The molecule has 0 spiro atoms. The van der Waals surface area contributed by atoms with Crippen molar-refractivity contribution in [1.29, 1.82) is 0 Å². The SMILES string of the molecule is Cc1cc(C(=O)N2CCCC(N3CCNC3=O)C2)c2c(C)noc2n1. The summed E-state index contributed by atoms with van der Waals surface area (Å²) in [6, 6.07) is 1.83. The second-order valence-corrected chi connectivity index (χ2v) is 6.73. The number of piperidine rings is 1. The number of hydrogen-bond acceptors (Lipinski definition) is 5. The van der Waals surface area contributed by atoms with E-state index in [1.807, 2.05) is 23.6 Å². The predicted octanol–water partition coefficient (Wildman–Crippen LogP) is 1.47. The van der Waals surface area contributed by atoms with E-state index in [1.54, 1.807) is 6.07 Å². The Morgan fingerprint density at radius 2 is 2.20 bits per heavy atom. The van der Waals surface area contributed by atoms with E-state index in [1.165, 1.54) is 0 Å². The van der Waals surface area contributed by atoms with Gasteiger partial charge in [-0.25, -0.2) is 9.78 Å². The molecule has 4 rings (SSSR count). The summed E-state index contributed by atoms with van der Waals surface area (Å²) in [5.74, 6) is -0.0499. The molecule has 0 aliphatic carbocycles. The molecule has 1 N–H and O–H groups in total. The standard InChI is InChI=1S/C17H21N5O3/c1-10-8-13(14-11(2)20-25-15(14)19-10)16(23)21-6-3-4-12(9-21)22-7-5-18-17(22)24/h8,12H,3-7,9H2,1-2H3,(H,18,24). The molecule has 0 aromatic carbocycles. The zero-order valence-corrected chi connectivity index (χ0v) is 14.4. The molecule has 1 unspecified atom stereocenters. The van der Waals surface area contributed by atoms with E-state index >= 15 is 0 Å². The van der Waals surface area contributed by atoms with Crippen molar-refractivity contribution < 1.29 is 14.1 Å². The topological polar surface area (TPSA) is 91.6 Å². The van der Waals surface area contributed by atoms with E-state index in [-0.39, 0.29) is 18.0 Å². The fourth-order valence-electron chi connectivity index (χ4n) is 3.79. The highest BCUT2D eigenvalue weighted by atomic mass is 16.5. The van der Waals surface area contributed by atoms with Gasteiger partial charge in [0.2, 0.25) is 0 Å². The first-order valence-corrected chi connectivity index (χ1v) is 8.62. The van der Waals surface area contributed by atoms with Crippen LogP contribution in [0.5, 0.6) is 0 Å². The minimum Gasteiger partial charge on any atom is -0.337 e. The van der Waals surface area contributed by atoms with Gasteiger partial charge in [-0.15, -0.1) is 0 Å². The average Bonchev–Trinajstić information content (AvgIpc) is 3.19. The van der Waals surface area contributed by atoms with Gasteiger partial charge in [-0.05, 0) is 32.8 Å². The van der Waals surface area contributed by atoms with Crippen molar-refractivity contribution in [3.05, 3.63) is 23.0 Å². The molecule has 2 saturated heterocycles. The Kier molecular flexibility index (Phi) is 3.82. The van der Waals surface area contributed by atoms with Crippen LogP contribution < -0.4 is 5.32 Å². The summed E-state index contributed by atoms with van der Waals surface area (Å²) in [5.41, 5.74) is 2.36. The van der Waals surface area contributed by atoms with Crippen LogP contribution in [0.3, 0.4) is 0 Å². The largest absolute Gasteiger partial charge is 0.337 e. The van der Waals surface area contributed by atoms with Gasteiger partial charge in [0.25, 0.3) is 11.6 Å². The van der Waals surface area contributed by atoms with Gasteiger partial charge >= 0.3 is 6.03 Å². The monoisotopic (exact) mass is 343 g/mol. The Morgan fingerprint density at radius 1 is 1.36 bits per heavy atom. The molecule has 132 valence electrons. The minimum atomic E-state index is -0.0499. The van der Waals surface area contributed by atoms with Crippen LogP contribution in [-0.4, -0.2) is 64.1 Å². The maximum atomic E-state index is 13.2. The summed E-state index contributed by atoms with van der Waals surface area (Å²) in [5, 5.41) is 7.45. The number of urea groups is 1. The van der Waals surface area contributed by atoms with Crippen molar-refractivity contribution >= 4 is 23.0 Å². The second-order valence-electron chi connectivity index (χ2n) is 6.73. The zero-order chi connectivity index (χ0) is 17.6. The third kappa shape index (κ3) is 2.71. The van der Waals surface area contributed by atoms with Crippen LogP contribution in [0, 0.1) is 13.8 Å². The van der Waals surface area contributed by atoms with Crippen molar-refractivity contribution in [3.8, 4) is 0 Å². The molecule has 3 amide bonds. The summed E-state index contributed by atoms with van der Waals surface area (Å²) in [6.45, 7) is 6.27. The Morgan fingerprint density at radius 3 is 2.96 bits per heavy atom. The molecule has 0 saturated carbocycles. The number of nitrogens with zero attached hydrogens (tertiary/aromatic N) is 4. The number of pyridine rings is 1. The summed E-state index contributed by atoms with van der Waals surface area (Å²) < 4.78 is 5.23. The number of carbonyl (C=O) groups excluding carboxylic acids is 2. The Hall–Kier alpha value is -2.64. The minimum absolute atomic E-state index is 0.0312. The lowest BCUT2D eigenvalue weighted by molar-refractivity contribution is 0.0636. The van der Waals surface area contributed by atoms with Crippen LogP contribution in [0.4, 0.5) is 4.79 Å². The van der Waals surface area contributed by atoms with Gasteiger partial charge in [-0.1, -0.05) is 5.16 Å². The van der Waals surface area contributed by atoms with E-state index in [4.69, 9.17) is 4.52 Å². The second kappa shape index (κ2) is 6.02. The van der Waals surface area contributed by atoms with Gasteiger partial charge < -0.3 is 19.6 Å². The van der Waals surface area contributed by atoms with Crippen LogP contribution in [0.2, 0.25) is 0 Å². The van der Waals surface area contributed by atoms with Crippen molar-refractivity contribution in [3.63, 3.8) is 0 Å². The number of hydrogen-bond donors (Lipinski definition) is 1. The summed E-state index contributed by atoms with van der Waals surface area (Å²) in [6.07, 6.45) is 1.81. The highest BCUT2D eigenvalue weighted by Gasteiger charge is 2.33. The lowest BCUT2D eigenvalue weighted by Crippen LogP contribution is -2.50. The highest BCUT2D eigenvalue weighted by Crippen LogP contribution is 2.25. The van der Waals surface area contributed by atoms with Crippen molar-refractivity contribution in [2.75, 3.05) is 26.2 Å². The lowest BCUT2D eigenvalue weighted by Gasteiger charge is -2.37. The molecule has 25 heavy (non-hydrogen) atoms. The molecule has 4 heterocycles.